The summed E-state index contributed by atoms with van der Waals surface area (Å²) >= 11 is 0. The van der Waals surface area contributed by atoms with E-state index in [4.69, 9.17) is 0 Å². The maximum absolute atomic E-state index is 12.3. The molecule has 0 spiro atoms. The lowest BCUT2D eigenvalue weighted by molar-refractivity contribution is -0.123. The molecule has 0 aromatic carbocycles. The monoisotopic (exact) mass is 624 g/mol. The van der Waals surface area contributed by atoms with Gasteiger partial charge in [0.2, 0.25) is 5.91 Å². The molecular weight excluding hydrogens is 550 g/mol. The third-order valence-electron chi connectivity index (χ3n) is 8.63. The first kappa shape index (κ1) is 42.8. The van der Waals surface area contributed by atoms with E-state index in [0.29, 0.717) is 19.3 Å². The van der Waals surface area contributed by atoms with E-state index in [2.05, 4.69) is 25.2 Å². The lowest BCUT2D eigenvalue weighted by Crippen LogP contribution is -2.45. The van der Waals surface area contributed by atoms with Crippen LogP contribution in [-0.2, 0) is 4.79 Å². The summed E-state index contributed by atoms with van der Waals surface area (Å²) in [4.78, 5) is 12.3. The average Bonchev–Trinajstić information content (AvgIpc) is 3.02. The van der Waals surface area contributed by atoms with E-state index < -0.39 is 24.4 Å². The Balaban J connectivity index is 3.77. The standard InChI is InChI=1S/C38H73NO5/c1-3-5-7-9-11-12-13-14-15-16-17-18-19-22-25-29-35(41)34(33-40)39-38(44)32-28-24-20-23-27-31-37(43)36(42)30-26-21-10-8-6-4-2/h21,25-26,29,34-37,40-43H,3-20,22-24,27-28,30-33H2,1-2H3,(H,39,44)/b26-21-,29-25+/t34-,35+,36-,37-/m0/s1. The SMILES string of the molecule is CCCCC/C=C\C[C@H](O)[C@@H](O)CCCCCCCC(=O)N[C@@H](CO)[C@H](O)/C=C/CCCCCCCCCCCCCCC. The number of hydrogen-bond donors (Lipinski definition) is 5. The highest BCUT2D eigenvalue weighted by Crippen LogP contribution is 2.14. The fourth-order valence-electron chi connectivity index (χ4n) is 5.55. The number of allylic oxidation sites excluding steroid dienone is 2. The van der Waals surface area contributed by atoms with Gasteiger partial charge < -0.3 is 25.7 Å². The van der Waals surface area contributed by atoms with Gasteiger partial charge in [-0.1, -0.05) is 154 Å². The van der Waals surface area contributed by atoms with Crippen LogP contribution in [-0.4, -0.2) is 57.3 Å². The van der Waals surface area contributed by atoms with E-state index in [9.17, 15) is 25.2 Å². The average molecular weight is 624 g/mol. The van der Waals surface area contributed by atoms with E-state index in [1.54, 1.807) is 6.08 Å². The molecule has 0 aromatic heterocycles. The number of hydrogen-bond acceptors (Lipinski definition) is 5. The zero-order chi connectivity index (χ0) is 32.5. The Labute approximate surface area is 272 Å². The lowest BCUT2D eigenvalue weighted by Gasteiger charge is -2.20. The maximum Gasteiger partial charge on any atom is 0.220 e. The fourth-order valence-corrected chi connectivity index (χ4v) is 5.55. The molecule has 44 heavy (non-hydrogen) atoms. The summed E-state index contributed by atoms with van der Waals surface area (Å²) in [6.45, 7) is 4.15. The Kier molecular flexibility index (Phi) is 32.2. The molecule has 1 amide bonds. The number of aliphatic hydroxyl groups excluding tert-OH is 4. The highest BCUT2D eigenvalue weighted by molar-refractivity contribution is 5.76. The maximum atomic E-state index is 12.3. The van der Waals surface area contributed by atoms with Gasteiger partial charge in [0, 0.05) is 6.42 Å². The molecule has 4 atom stereocenters. The van der Waals surface area contributed by atoms with Crippen LogP contribution in [0.1, 0.15) is 181 Å². The normalized spacial score (nSPS) is 14.8. The molecule has 0 aromatic rings. The number of nitrogens with one attached hydrogen (secondary N) is 1. The second kappa shape index (κ2) is 33.2. The van der Waals surface area contributed by atoms with Gasteiger partial charge in [-0.2, -0.15) is 0 Å². The van der Waals surface area contributed by atoms with E-state index >= 15 is 0 Å². The fraction of sp³-hybridized carbons (Fsp3) is 0.868. The zero-order valence-corrected chi connectivity index (χ0v) is 28.9. The Morgan fingerprint density at radius 1 is 0.591 bits per heavy atom. The van der Waals surface area contributed by atoms with E-state index in [0.717, 1.165) is 51.4 Å². The largest absolute Gasteiger partial charge is 0.394 e. The number of carbonyl (C=O) groups excluding carboxylic acids is 1. The van der Waals surface area contributed by atoms with Gasteiger partial charge in [-0.05, 0) is 44.9 Å². The van der Waals surface area contributed by atoms with Crippen molar-refractivity contribution in [3.05, 3.63) is 24.3 Å². The van der Waals surface area contributed by atoms with Gasteiger partial charge in [0.05, 0.1) is 31.0 Å². The number of aliphatic hydroxyl groups is 4. The van der Waals surface area contributed by atoms with Crippen molar-refractivity contribution in [3.63, 3.8) is 0 Å². The van der Waals surface area contributed by atoms with Crippen LogP contribution in [0.2, 0.25) is 0 Å². The van der Waals surface area contributed by atoms with Gasteiger partial charge in [-0.15, -0.1) is 0 Å². The molecule has 0 aliphatic heterocycles. The number of unbranched alkanes of at least 4 members (excludes halogenated alkanes) is 20. The Morgan fingerprint density at radius 3 is 1.66 bits per heavy atom. The highest BCUT2D eigenvalue weighted by atomic mass is 16.3. The van der Waals surface area contributed by atoms with Crippen LogP contribution in [0.3, 0.4) is 0 Å². The van der Waals surface area contributed by atoms with E-state index in [1.165, 1.54) is 96.3 Å². The predicted octanol–water partition coefficient (Wildman–Crippen LogP) is 8.84. The first-order valence-corrected chi connectivity index (χ1v) is 18.7. The van der Waals surface area contributed by atoms with Crippen LogP contribution in [0, 0.1) is 0 Å². The van der Waals surface area contributed by atoms with Crippen molar-refractivity contribution < 1.29 is 25.2 Å². The molecule has 0 fully saturated rings. The molecule has 260 valence electrons. The summed E-state index contributed by atoms with van der Waals surface area (Å²) in [5.41, 5.74) is 0. The Morgan fingerprint density at radius 2 is 1.07 bits per heavy atom. The third-order valence-corrected chi connectivity index (χ3v) is 8.63. The molecule has 0 unspecified atom stereocenters. The van der Waals surface area contributed by atoms with Crippen molar-refractivity contribution in [2.24, 2.45) is 0 Å². The molecule has 0 saturated heterocycles. The van der Waals surface area contributed by atoms with Gasteiger partial charge in [0.1, 0.15) is 0 Å². The van der Waals surface area contributed by atoms with Crippen molar-refractivity contribution in [2.75, 3.05) is 6.61 Å². The van der Waals surface area contributed by atoms with Crippen LogP contribution in [0.4, 0.5) is 0 Å². The van der Waals surface area contributed by atoms with Gasteiger partial charge in [-0.3, -0.25) is 4.79 Å². The van der Waals surface area contributed by atoms with Gasteiger partial charge in [0.25, 0.3) is 0 Å². The van der Waals surface area contributed by atoms with Crippen molar-refractivity contribution >= 4 is 5.91 Å². The van der Waals surface area contributed by atoms with Crippen LogP contribution in [0.25, 0.3) is 0 Å². The molecule has 5 N–H and O–H groups in total. The first-order chi connectivity index (χ1) is 21.5. The molecular formula is C38H73NO5. The summed E-state index contributed by atoms with van der Waals surface area (Å²) < 4.78 is 0. The minimum atomic E-state index is -0.885. The van der Waals surface area contributed by atoms with Crippen molar-refractivity contribution in [2.45, 2.75) is 205 Å². The molecule has 0 radical (unpaired) electrons. The van der Waals surface area contributed by atoms with Crippen molar-refractivity contribution in [1.29, 1.82) is 0 Å². The smallest absolute Gasteiger partial charge is 0.220 e. The molecule has 0 aliphatic rings. The topological polar surface area (TPSA) is 110 Å². The minimum absolute atomic E-state index is 0.144. The molecule has 0 heterocycles. The molecule has 6 nitrogen and oxygen atoms in total. The first-order valence-electron chi connectivity index (χ1n) is 18.7. The molecule has 0 bridgehead atoms. The Bertz CT molecular complexity index is 668. The van der Waals surface area contributed by atoms with Gasteiger partial charge in [0.15, 0.2) is 0 Å². The van der Waals surface area contributed by atoms with Crippen LogP contribution < -0.4 is 5.32 Å². The van der Waals surface area contributed by atoms with Crippen molar-refractivity contribution in [3.8, 4) is 0 Å². The summed E-state index contributed by atoms with van der Waals surface area (Å²) in [5, 5.41) is 43.1. The molecule has 0 saturated carbocycles. The zero-order valence-electron chi connectivity index (χ0n) is 28.9. The number of carbonyl (C=O) groups is 1. The minimum Gasteiger partial charge on any atom is -0.394 e. The summed E-state index contributed by atoms with van der Waals surface area (Å²) in [7, 11) is 0. The Hall–Kier alpha value is -1.21. The summed E-state index contributed by atoms with van der Waals surface area (Å²) in [6.07, 6.45) is 34.2. The van der Waals surface area contributed by atoms with Crippen LogP contribution >= 0.6 is 0 Å². The molecule has 0 rings (SSSR count). The summed E-state index contributed by atoms with van der Waals surface area (Å²) in [6, 6.07) is -0.676. The van der Waals surface area contributed by atoms with Crippen LogP contribution in [0.5, 0.6) is 0 Å². The molecule has 6 heteroatoms. The highest BCUT2D eigenvalue weighted by Gasteiger charge is 2.18. The molecule has 0 aliphatic carbocycles. The second-order valence-corrected chi connectivity index (χ2v) is 13.0. The second-order valence-electron chi connectivity index (χ2n) is 13.0. The van der Waals surface area contributed by atoms with Gasteiger partial charge in [-0.25, -0.2) is 0 Å². The third kappa shape index (κ3) is 28.3. The van der Waals surface area contributed by atoms with Crippen molar-refractivity contribution in [1.82, 2.24) is 5.32 Å². The van der Waals surface area contributed by atoms with Crippen LogP contribution in [0.15, 0.2) is 24.3 Å². The van der Waals surface area contributed by atoms with Gasteiger partial charge >= 0.3 is 0 Å². The summed E-state index contributed by atoms with van der Waals surface area (Å²) in [5.74, 6) is -0.144. The van der Waals surface area contributed by atoms with E-state index in [-0.39, 0.29) is 12.5 Å². The predicted molar refractivity (Wildman–Crippen MR) is 187 cm³/mol. The quantitative estimate of drug-likeness (QED) is 0.0371. The number of amides is 1. The number of rotatable bonds is 33. The van der Waals surface area contributed by atoms with E-state index in [1.807, 2.05) is 12.2 Å². The lowest BCUT2D eigenvalue weighted by atomic mass is 10.0.